The normalized spacial score (nSPS) is 16.7. The summed E-state index contributed by atoms with van der Waals surface area (Å²) in [6.45, 7) is 4.72. The molecular weight excluding hydrogens is 396 g/mol. The fourth-order valence-electron chi connectivity index (χ4n) is 3.01. The van der Waals surface area contributed by atoms with E-state index < -0.39 is 0 Å². The van der Waals surface area contributed by atoms with Gasteiger partial charge in [0.15, 0.2) is 5.96 Å². The van der Waals surface area contributed by atoms with Gasteiger partial charge in [0, 0.05) is 40.4 Å². The Morgan fingerprint density at radius 2 is 1.94 bits per heavy atom. The fraction of sp³-hybridized carbons (Fsp3) is 0.652. The highest BCUT2D eigenvalue weighted by atomic mass is 16.5. The molecule has 0 saturated carbocycles. The minimum Gasteiger partial charge on any atom is -0.379 e. The summed E-state index contributed by atoms with van der Waals surface area (Å²) in [5, 5.41) is 6.58. The Hall–Kier alpha value is -2.16. The van der Waals surface area contributed by atoms with Crippen molar-refractivity contribution in [3.63, 3.8) is 0 Å². The van der Waals surface area contributed by atoms with E-state index in [-0.39, 0.29) is 18.6 Å². The molecule has 1 saturated heterocycles. The van der Waals surface area contributed by atoms with Crippen molar-refractivity contribution in [2.75, 3.05) is 60.2 Å². The summed E-state index contributed by atoms with van der Waals surface area (Å²) in [4.78, 5) is 17.8. The van der Waals surface area contributed by atoms with Crippen LogP contribution in [0.2, 0.25) is 0 Å². The third-order valence-corrected chi connectivity index (χ3v) is 4.88. The van der Waals surface area contributed by atoms with Crippen molar-refractivity contribution in [3.8, 4) is 0 Å². The second-order valence-electron chi connectivity index (χ2n) is 7.75. The van der Waals surface area contributed by atoms with Gasteiger partial charge in [0.2, 0.25) is 5.91 Å². The van der Waals surface area contributed by atoms with Crippen LogP contribution in [0.25, 0.3) is 0 Å². The SMILES string of the molecule is CN(C)C(=O)CN=C(NCCCOCCOCc1ccccc1)NCC1CCCCO1. The number of nitrogens with zero attached hydrogens (tertiary/aromatic N) is 2. The van der Waals surface area contributed by atoms with Gasteiger partial charge >= 0.3 is 0 Å². The molecule has 0 bridgehead atoms. The van der Waals surface area contributed by atoms with Crippen LogP contribution in [0.3, 0.4) is 0 Å². The van der Waals surface area contributed by atoms with Crippen LogP contribution >= 0.6 is 0 Å². The van der Waals surface area contributed by atoms with Crippen LogP contribution in [0.4, 0.5) is 0 Å². The van der Waals surface area contributed by atoms with Gasteiger partial charge in [-0.25, -0.2) is 4.99 Å². The smallest absolute Gasteiger partial charge is 0.243 e. The zero-order valence-corrected chi connectivity index (χ0v) is 19.0. The molecule has 0 aliphatic carbocycles. The highest BCUT2D eigenvalue weighted by molar-refractivity contribution is 5.84. The van der Waals surface area contributed by atoms with Gasteiger partial charge in [0.25, 0.3) is 0 Å². The van der Waals surface area contributed by atoms with Crippen molar-refractivity contribution in [1.29, 1.82) is 0 Å². The largest absolute Gasteiger partial charge is 0.379 e. The molecule has 1 aromatic carbocycles. The molecular formula is C23H38N4O4. The van der Waals surface area contributed by atoms with E-state index in [1.54, 1.807) is 19.0 Å². The van der Waals surface area contributed by atoms with Gasteiger partial charge in [0.1, 0.15) is 6.54 Å². The number of aliphatic imine (C=N–C) groups is 1. The van der Waals surface area contributed by atoms with Gasteiger partial charge in [-0.15, -0.1) is 0 Å². The predicted molar refractivity (Wildman–Crippen MR) is 122 cm³/mol. The van der Waals surface area contributed by atoms with Crippen LogP contribution in [0.15, 0.2) is 35.3 Å². The number of nitrogens with one attached hydrogen (secondary N) is 2. The molecule has 1 heterocycles. The molecule has 2 rings (SSSR count). The molecule has 1 aromatic rings. The van der Waals surface area contributed by atoms with Crippen LogP contribution in [0, 0.1) is 0 Å². The number of carbonyl (C=O) groups excluding carboxylic acids is 1. The fourth-order valence-corrected chi connectivity index (χ4v) is 3.01. The summed E-state index contributed by atoms with van der Waals surface area (Å²) in [5.74, 6) is 0.601. The van der Waals surface area contributed by atoms with Gasteiger partial charge < -0.3 is 29.7 Å². The van der Waals surface area contributed by atoms with E-state index in [0.717, 1.165) is 31.4 Å². The predicted octanol–water partition coefficient (Wildman–Crippen LogP) is 1.80. The average Bonchev–Trinajstić information content (AvgIpc) is 2.80. The number of ether oxygens (including phenoxy) is 3. The van der Waals surface area contributed by atoms with Crippen molar-refractivity contribution >= 4 is 11.9 Å². The Labute approximate surface area is 186 Å². The van der Waals surface area contributed by atoms with E-state index in [1.807, 2.05) is 30.3 Å². The second-order valence-corrected chi connectivity index (χ2v) is 7.75. The van der Waals surface area contributed by atoms with Crippen molar-refractivity contribution in [2.24, 2.45) is 4.99 Å². The lowest BCUT2D eigenvalue weighted by atomic mass is 10.1. The number of likely N-dealkylation sites (N-methyl/N-ethyl adjacent to an activating group) is 1. The van der Waals surface area contributed by atoms with Crippen LogP contribution < -0.4 is 10.6 Å². The highest BCUT2D eigenvalue weighted by Gasteiger charge is 2.14. The average molecular weight is 435 g/mol. The Morgan fingerprint density at radius 3 is 2.68 bits per heavy atom. The van der Waals surface area contributed by atoms with Crippen molar-refractivity contribution in [3.05, 3.63) is 35.9 Å². The zero-order chi connectivity index (χ0) is 22.2. The quantitative estimate of drug-likeness (QED) is 0.280. The van der Waals surface area contributed by atoms with Crippen molar-refractivity contribution in [1.82, 2.24) is 15.5 Å². The summed E-state index contributed by atoms with van der Waals surface area (Å²) in [6, 6.07) is 10.1. The molecule has 2 N–H and O–H groups in total. The molecule has 1 aliphatic rings. The van der Waals surface area contributed by atoms with E-state index in [4.69, 9.17) is 14.2 Å². The molecule has 0 radical (unpaired) electrons. The molecule has 31 heavy (non-hydrogen) atoms. The first-order valence-electron chi connectivity index (χ1n) is 11.2. The van der Waals surface area contributed by atoms with Crippen LogP contribution in [-0.4, -0.2) is 83.0 Å². The molecule has 174 valence electrons. The first kappa shape index (κ1) is 25.1. The van der Waals surface area contributed by atoms with E-state index in [2.05, 4.69) is 15.6 Å². The number of amides is 1. The molecule has 8 heteroatoms. The number of benzene rings is 1. The molecule has 1 unspecified atom stereocenters. The summed E-state index contributed by atoms with van der Waals surface area (Å²) >= 11 is 0. The summed E-state index contributed by atoms with van der Waals surface area (Å²) in [5.41, 5.74) is 1.16. The van der Waals surface area contributed by atoms with Gasteiger partial charge in [-0.1, -0.05) is 30.3 Å². The molecule has 1 atom stereocenters. The van der Waals surface area contributed by atoms with Crippen LogP contribution in [0.1, 0.15) is 31.2 Å². The van der Waals surface area contributed by atoms with Crippen LogP contribution in [-0.2, 0) is 25.6 Å². The topological polar surface area (TPSA) is 84.4 Å². The maximum Gasteiger partial charge on any atom is 0.243 e. The third kappa shape index (κ3) is 11.7. The maximum atomic E-state index is 11.9. The number of guanidine groups is 1. The third-order valence-electron chi connectivity index (χ3n) is 4.88. The van der Waals surface area contributed by atoms with Crippen LogP contribution in [0.5, 0.6) is 0 Å². The first-order chi connectivity index (χ1) is 15.1. The summed E-state index contributed by atoms with van der Waals surface area (Å²) in [7, 11) is 3.46. The Bertz CT molecular complexity index is 634. The molecule has 1 fully saturated rings. The molecule has 0 spiro atoms. The second kappa shape index (κ2) is 15.6. The number of hydrogen-bond donors (Lipinski definition) is 2. The minimum atomic E-state index is -0.0335. The van der Waals surface area contributed by atoms with Crippen molar-refractivity contribution in [2.45, 2.75) is 38.4 Å². The van der Waals surface area contributed by atoms with Gasteiger partial charge in [-0.05, 0) is 31.2 Å². The maximum absolute atomic E-state index is 11.9. The lowest BCUT2D eigenvalue weighted by Crippen LogP contribution is -2.43. The van der Waals surface area contributed by atoms with Crippen molar-refractivity contribution < 1.29 is 19.0 Å². The molecule has 1 amide bonds. The zero-order valence-electron chi connectivity index (χ0n) is 19.0. The van der Waals surface area contributed by atoms with Gasteiger partial charge in [-0.3, -0.25) is 4.79 Å². The van der Waals surface area contributed by atoms with E-state index in [9.17, 15) is 4.79 Å². The van der Waals surface area contributed by atoms with E-state index in [1.165, 1.54) is 6.42 Å². The summed E-state index contributed by atoms with van der Waals surface area (Å²) < 4.78 is 17.0. The lowest BCUT2D eigenvalue weighted by Gasteiger charge is -2.24. The monoisotopic (exact) mass is 434 g/mol. The molecule has 1 aliphatic heterocycles. The number of rotatable bonds is 13. The van der Waals surface area contributed by atoms with E-state index in [0.29, 0.717) is 45.5 Å². The first-order valence-corrected chi connectivity index (χ1v) is 11.2. The van der Waals surface area contributed by atoms with Gasteiger partial charge in [0.05, 0.1) is 25.9 Å². The highest BCUT2D eigenvalue weighted by Crippen LogP contribution is 2.11. The van der Waals surface area contributed by atoms with Gasteiger partial charge in [-0.2, -0.15) is 0 Å². The number of hydrogen-bond acceptors (Lipinski definition) is 5. The minimum absolute atomic E-state index is 0.0335. The Balaban J connectivity index is 1.58. The van der Waals surface area contributed by atoms with E-state index >= 15 is 0 Å². The Morgan fingerprint density at radius 1 is 1.13 bits per heavy atom. The standard InChI is InChI=1S/C23H38N4O4/c1-27(2)22(28)18-26-23(25-17-21-11-6-7-14-31-21)24-12-8-13-29-15-16-30-19-20-9-4-3-5-10-20/h3-5,9-10,21H,6-8,11-19H2,1-2H3,(H2,24,25,26). The lowest BCUT2D eigenvalue weighted by molar-refractivity contribution is -0.127. The molecule has 8 nitrogen and oxygen atoms in total. The Kier molecular flexibility index (Phi) is 12.6. The molecule has 0 aromatic heterocycles. The number of carbonyl (C=O) groups is 1. The summed E-state index contributed by atoms with van der Waals surface area (Å²) in [6.07, 6.45) is 4.41.